The van der Waals surface area contributed by atoms with Gasteiger partial charge in [-0.3, -0.25) is 9.59 Å². The Balaban J connectivity index is 1.62. The molecule has 1 unspecified atom stereocenters. The van der Waals surface area contributed by atoms with Gasteiger partial charge in [0.2, 0.25) is 11.8 Å². The van der Waals surface area contributed by atoms with E-state index in [0.29, 0.717) is 28.0 Å². The molecular formula is C22H23Cl3N2O4S. The average molecular weight is 518 g/mol. The lowest BCUT2D eigenvalue weighted by atomic mass is 9.98. The van der Waals surface area contributed by atoms with Crippen LogP contribution in [0.2, 0.25) is 15.1 Å². The summed E-state index contributed by atoms with van der Waals surface area (Å²) in [7, 11) is -3.40. The summed E-state index contributed by atoms with van der Waals surface area (Å²) in [6.45, 7) is 2.38. The zero-order valence-electron chi connectivity index (χ0n) is 17.6. The van der Waals surface area contributed by atoms with Crippen molar-refractivity contribution < 1.29 is 18.0 Å². The standard InChI is InChI=1S/C22H23Cl3N2O4S/c1-13(8-20(28)26-19-6-5-16(12-17(19)24)32(2,30)31)9-21(29)27-7-3-4-14-10-15(23)11-18(25)22(14)27/h5-6,10-13H,3-4,7-9H2,1-2H3,(H,26,28). The number of hydrogen-bond acceptors (Lipinski definition) is 4. The van der Waals surface area contributed by atoms with Gasteiger partial charge in [-0.1, -0.05) is 41.7 Å². The van der Waals surface area contributed by atoms with E-state index in [-0.39, 0.29) is 40.5 Å². The minimum atomic E-state index is -3.40. The van der Waals surface area contributed by atoms with Crippen LogP contribution in [-0.2, 0) is 25.8 Å². The summed E-state index contributed by atoms with van der Waals surface area (Å²) in [4.78, 5) is 27.2. The topological polar surface area (TPSA) is 83.5 Å². The Kier molecular flexibility index (Phi) is 7.76. The van der Waals surface area contributed by atoms with Crippen LogP contribution in [0.15, 0.2) is 35.2 Å². The number of amides is 2. The number of carbonyl (C=O) groups is 2. The van der Waals surface area contributed by atoms with Gasteiger partial charge in [0, 0.05) is 30.7 Å². The first-order valence-electron chi connectivity index (χ1n) is 10.0. The molecule has 1 heterocycles. The number of sulfone groups is 1. The molecule has 32 heavy (non-hydrogen) atoms. The molecule has 1 atom stereocenters. The van der Waals surface area contributed by atoms with Crippen LogP contribution in [0.3, 0.4) is 0 Å². The van der Waals surface area contributed by atoms with Crippen molar-refractivity contribution in [2.75, 3.05) is 23.0 Å². The third-order valence-electron chi connectivity index (χ3n) is 5.21. The van der Waals surface area contributed by atoms with E-state index in [1.807, 2.05) is 13.0 Å². The number of rotatable bonds is 6. The van der Waals surface area contributed by atoms with Crippen molar-refractivity contribution in [2.45, 2.75) is 37.5 Å². The minimum absolute atomic E-state index is 0.0706. The number of aryl methyl sites for hydroxylation is 1. The van der Waals surface area contributed by atoms with Crippen molar-refractivity contribution in [3.8, 4) is 0 Å². The predicted molar refractivity (Wildman–Crippen MR) is 129 cm³/mol. The molecule has 0 saturated heterocycles. The van der Waals surface area contributed by atoms with E-state index in [1.54, 1.807) is 11.0 Å². The fraction of sp³-hybridized carbons (Fsp3) is 0.364. The van der Waals surface area contributed by atoms with Crippen LogP contribution in [0.4, 0.5) is 11.4 Å². The Hall–Kier alpha value is -1.80. The van der Waals surface area contributed by atoms with Gasteiger partial charge in [0.15, 0.2) is 9.84 Å². The summed E-state index contributed by atoms with van der Waals surface area (Å²) in [6, 6.07) is 7.59. The fourth-order valence-electron chi connectivity index (χ4n) is 3.73. The molecule has 10 heteroatoms. The molecule has 172 valence electrons. The van der Waals surface area contributed by atoms with E-state index in [2.05, 4.69) is 5.32 Å². The number of nitrogens with zero attached hydrogens (tertiary/aromatic N) is 1. The zero-order chi connectivity index (χ0) is 23.6. The fourth-order valence-corrected chi connectivity index (χ4v) is 5.30. The first-order chi connectivity index (χ1) is 15.0. The largest absolute Gasteiger partial charge is 0.325 e. The molecule has 3 rings (SSSR count). The summed E-state index contributed by atoms with van der Waals surface area (Å²) < 4.78 is 23.2. The van der Waals surface area contributed by atoms with E-state index in [0.717, 1.165) is 24.7 Å². The summed E-state index contributed by atoms with van der Waals surface area (Å²) >= 11 is 18.6. The first kappa shape index (κ1) is 24.8. The summed E-state index contributed by atoms with van der Waals surface area (Å²) in [5, 5.41) is 3.79. The number of anilines is 2. The van der Waals surface area contributed by atoms with Crippen LogP contribution in [0, 0.1) is 5.92 Å². The van der Waals surface area contributed by atoms with Gasteiger partial charge in [-0.15, -0.1) is 0 Å². The summed E-state index contributed by atoms with van der Waals surface area (Å²) in [5.41, 5.74) is 1.96. The molecule has 1 aliphatic heterocycles. The molecule has 2 aromatic carbocycles. The maximum atomic E-state index is 13.0. The van der Waals surface area contributed by atoms with Crippen LogP contribution >= 0.6 is 34.8 Å². The number of carbonyl (C=O) groups excluding carboxylic acids is 2. The molecule has 0 saturated carbocycles. The third kappa shape index (κ3) is 5.95. The molecule has 1 aliphatic rings. The predicted octanol–water partition coefficient (Wildman–Crippen LogP) is 5.38. The van der Waals surface area contributed by atoms with Gasteiger partial charge in [-0.2, -0.15) is 0 Å². The highest BCUT2D eigenvalue weighted by Crippen LogP contribution is 2.37. The lowest BCUT2D eigenvalue weighted by molar-refractivity contribution is -0.120. The Morgan fingerprint density at radius 3 is 2.47 bits per heavy atom. The van der Waals surface area contributed by atoms with Crippen LogP contribution in [0.5, 0.6) is 0 Å². The second-order valence-corrected chi connectivity index (χ2v) is 11.3. The number of halogens is 3. The summed E-state index contributed by atoms with van der Waals surface area (Å²) in [6.07, 6.45) is 2.97. The van der Waals surface area contributed by atoms with Gasteiger partial charge in [0.05, 0.1) is 26.3 Å². The van der Waals surface area contributed by atoms with E-state index >= 15 is 0 Å². The van der Waals surface area contributed by atoms with E-state index in [1.165, 1.54) is 18.2 Å². The number of fused-ring (bicyclic) bond motifs is 1. The summed E-state index contributed by atoms with van der Waals surface area (Å²) in [5.74, 6) is -0.651. The van der Waals surface area contributed by atoms with Crippen LogP contribution in [-0.4, -0.2) is 33.0 Å². The molecule has 1 N–H and O–H groups in total. The second-order valence-electron chi connectivity index (χ2n) is 8.02. The smallest absolute Gasteiger partial charge is 0.227 e. The van der Waals surface area contributed by atoms with E-state index < -0.39 is 9.84 Å². The second kappa shape index (κ2) is 10.00. The Morgan fingerprint density at radius 2 is 1.81 bits per heavy atom. The zero-order valence-corrected chi connectivity index (χ0v) is 20.7. The monoisotopic (exact) mass is 516 g/mol. The molecular weight excluding hydrogens is 495 g/mol. The van der Waals surface area contributed by atoms with Crippen molar-refractivity contribution in [2.24, 2.45) is 5.92 Å². The maximum absolute atomic E-state index is 13.0. The van der Waals surface area contributed by atoms with Gasteiger partial charge in [-0.25, -0.2) is 8.42 Å². The molecule has 0 aliphatic carbocycles. The number of hydrogen-bond donors (Lipinski definition) is 1. The van der Waals surface area contributed by atoms with Gasteiger partial charge in [0.1, 0.15) is 0 Å². The van der Waals surface area contributed by atoms with Crippen molar-refractivity contribution in [1.29, 1.82) is 0 Å². The van der Waals surface area contributed by atoms with Crippen LogP contribution in [0.25, 0.3) is 0 Å². The first-order valence-corrected chi connectivity index (χ1v) is 13.1. The highest BCUT2D eigenvalue weighted by Gasteiger charge is 2.27. The maximum Gasteiger partial charge on any atom is 0.227 e. The molecule has 0 aromatic heterocycles. The van der Waals surface area contributed by atoms with Crippen LogP contribution in [0.1, 0.15) is 31.7 Å². The van der Waals surface area contributed by atoms with Gasteiger partial charge in [-0.05, 0) is 54.7 Å². The minimum Gasteiger partial charge on any atom is -0.325 e. The third-order valence-corrected chi connectivity index (χ3v) is 7.13. The number of benzene rings is 2. The molecule has 0 bridgehead atoms. The number of nitrogens with one attached hydrogen (secondary N) is 1. The average Bonchev–Trinajstić information content (AvgIpc) is 2.67. The SMILES string of the molecule is CC(CC(=O)Nc1ccc(S(C)(=O)=O)cc1Cl)CC(=O)N1CCCc2cc(Cl)cc(Cl)c21. The lowest BCUT2D eigenvalue weighted by Gasteiger charge is -2.31. The molecule has 6 nitrogen and oxygen atoms in total. The van der Waals surface area contributed by atoms with Gasteiger partial charge >= 0.3 is 0 Å². The van der Waals surface area contributed by atoms with Crippen molar-refractivity contribution in [3.63, 3.8) is 0 Å². The normalized spacial score (nSPS) is 14.6. The molecule has 0 spiro atoms. The van der Waals surface area contributed by atoms with Crippen molar-refractivity contribution in [1.82, 2.24) is 0 Å². The Morgan fingerprint density at radius 1 is 1.09 bits per heavy atom. The molecule has 2 aromatic rings. The lowest BCUT2D eigenvalue weighted by Crippen LogP contribution is -2.36. The Labute approximate surface area is 202 Å². The highest BCUT2D eigenvalue weighted by atomic mass is 35.5. The van der Waals surface area contributed by atoms with Crippen LogP contribution < -0.4 is 10.2 Å². The van der Waals surface area contributed by atoms with Crippen molar-refractivity contribution in [3.05, 3.63) is 51.0 Å². The highest BCUT2D eigenvalue weighted by molar-refractivity contribution is 7.90. The van der Waals surface area contributed by atoms with E-state index in [4.69, 9.17) is 34.8 Å². The van der Waals surface area contributed by atoms with E-state index in [9.17, 15) is 18.0 Å². The molecule has 2 amide bonds. The molecule has 0 radical (unpaired) electrons. The Bertz CT molecular complexity index is 1170. The van der Waals surface area contributed by atoms with Gasteiger partial charge in [0.25, 0.3) is 0 Å². The van der Waals surface area contributed by atoms with Crippen molar-refractivity contribution >= 4 is 67.8 Å². The molecule has 0 fully saturated rings. The van der Waals surface area contributed by atoms with Gasteiger partial charge < -0.3 is 10.2 Å². The quantitative estimate of drug-likeness (QED) is 0.557.